The van der Waals surface area contributed by atoms with Gasteiger partial charge >= 0.3 is 0 Å². The number of sulfonamides is 1. The van der Waals surface area contributed by atoms with Crippen molar-refractivity contribution in [3.8, 4) is 0 Å². The van der Waals surface area contributed by atoms with E-state index in [0.717, 1.165) is 21.0 Å². The van der Waals surface area contributed by atoms with Crippen LogP contribution in [0.25, 0.3) is 10.3 Å². The van der Waals surface area contributed by atoms with Crippen LogP contribution in [0, 0.1) is 6.92 Å². The van der Waals surface area contributed by atoms with Crippen molar-refractivity contribution in [2.75, 3.05) is 36.4 Å². The number of benzene rings is 1. The normalized spacial score (nSPS) is 15.6. The summed E-state index contributed by atoms with van der Waals surface area (Å²) in [4.78, 5) is 23.5. The van der Waals surface area contributed by atoms with Crippen LogP contribution in [-0.2, 0) is 14.8 Å². The van der Waals surface area contributed by atoms with Gasteiger partial charge in [-0.1, -0.05) is 17.4 Å². The molecule has 1 aromatic carbocycles. The summed E-state index contributed by atoms with van der Waals surface area (Å²) in [5.74, 6) is -0.306. The van der Waals surface area contributed by atoms with Gasteiger partial charge in [-0.15, -0.1) is 0 Å². The molecule has 4 rings (SSSR count). The molecule has 1 amide bonds. The van der Waals surface area contributed by atoms with Crippen molar-refractivity contribution < 1.29 is 13.2 Å². The summed E-state index contributed by atoms with van der Waals surface area (Å²) < 4.78 is 28.0. The highest BCUT2D eigenvalue weighted by Crippen LogP contribution is 2.30. The zero-order chi connectivity index (χ0) is 20.6. The molecule has 0 aliphatic carbocycles. The van der Waals surface area contributed by atoms with Gasteiger partial charge in [-0.3, -0.25) is 4.79 Å². The predicted octanol–water partition coefficient (Wildman–Crippen LogP) is 2.47. The Morgan fingerprint density at radius 1 is 1.17 bits per heavy atom. The summed E-state index contributed by atoms with van der Waals surface area (Å²) in [7, 11) is -3.73. The lowest BCUT2D eigenvalue weighted by Crippen LogP contribution is -2.48. The molecule has 29 heavy (non-hydrogen) atoms. The number of nitrogens with one attached hydrogen (secondary N) is 1. The molecule has 3 aromatic rings. The molecule has 1 aliphatic heterocycles. The third kappa shape index (κ3) is 3.96. The smallest absolute Gasteiger partial charge is 0.245 e. The summed E-state index contributed by atoms with van der Waals surface area (Å²) in [5.41, 5.74) is 1.98. The van der Waals surface area contributed by atoms with Crippen molar-refractivity contribution in [2.24, 2.45) is 0 Å². The maximum atomic E-state index is 13.3. The molecular weight excluding hydrogens is 410 g/mol. The lowest BCUT2D eigenvalue weighted by atomic mass is 10.2. The number of rotatable bonds is 4. The number of thiazole rings is 1. The number of fused-ring (bicyclic) bond motifs is 1. The number of piperazine rings is 1. The van der Waals surface area contributed by atoms with E-state index in [9.17, 15) is 13.2 Å². The molecule has 1 N–H and O–H groups in total. The van der Waals surface area contributed by atoms with Crippen molar-refractivity contribution in [1.29, 1.82) is 0 Å². The Balaban J connectivity index is 1.54. The Morgan fingerprint density at radius 3 is 2.62 bits per heavy atom. The summed E-state index contributed by atoms with van der Waals surface area (Å²) >= 11 is 1.51. The molecule has 10 heteroatoms. The number of hydrogen-bond donors (Lipinski definition) is 1. The molecule has 0 spiro atoms. The van der Waals surface area contributed by atoms with Gasteiger partial charge in [0.05, 0.1) is 5.69 Å². The van der Waals surface area contributed by atoms with Gasteiger partial charge in [0.25, 0.3) is 0 Å². The molecule has 1 aliphatic rings. The Kier molecular flexibility index (Phi) is 5.24. The number of amides is 1. The quantitative estimate of drug-likeness (QED) is 0.682. The summed E-state index contributed by atoms with van der Waals surface area (Å²) in [6.45, 7) is 4.97. The van der Waals surface area contributed by atoms with Crippen LogP contribution < -0.4 is 10.2 Å². The number of hydrogen-bond acceptors (Lipinski definition) is 7. The van der Waals surface area contributed by atoms with E-state index in [-0.39, 0.29) is 10.8 Å². The number of aryl methyl sites for hydroxylation is 1. The minimum atomic E-state index is -3.73. The van der Waals surface area contributed by atoms with Crippen LogP contribution in [0.1, 0.15) is 12.5 Å². The Morgan fingerprint density at radius 2 is 1.93 bits per heavy atom. The van der Waals surface area contributed by atoms with Crippen LogP contribution in [0.15, 0.2) is 41.4 Å². The average molecular weight is 432 g/mol. The van der Waals surface area contributed by atoms with E-state index in [4.69, 9.17) is 0 Å². The number of nitrogens with zero attached hydrogens (tertiary/aromatic N) is 4. The first-order valence-electron chi connectivity index (χ1n) is 9.19. The highest BCUT2D eigenvalue weighted by molar-refractivity contribution is 7.89. The second-order valence-electron chi connectivity index (χ2n) is 6.90. The van der Waals surface area contributed by atoms with Crippen LogP contribution in [0.2, 0.25) is 0 Å². The predicted molar refractivity (Wildman–Crippen MR) is 114 cm³/mol. The van der Waals surface area contributed by atoms with Gasteiger partial charge in [0, 0.05) is 39.3 Å². The Bertz CT molecular complexity index is 1130. The molecule has 1 fully saturated rings. The van der Waals surface area contributed by atoms with Crippen LogP contribution in [0.3, 0.4) is 0 Å². The van der Waals surface area contributed by atoms with E-state index >= 15 is 0 Å². The largest absolute Gasteiger partial charge is 0.345 e. The number of carbonyl (C=O) groups excluding carboxylic acids is 1. The van der Waals surface area contributed by atoms with E-state index in [0.29, 0.717) is 31.9 Å². The maximum absolute atomic E-state index is 13.3. The van der Waals surface area contributed by atoms with E-state index in [1.165, 1.54) is 22.6 Å². The highest BCUT2D eigenvalue weighted by Gasteiger charge is 2.31. The van der Waals surface area contributed by atoms with E-state index in [1.807, 2.05) is 19.1 Å². The first-order valence-corrected chi connectivity index (χ1v) is 11.4. The molecular formula is C19H21N5O3S2. The van der Waals surface area contributed by atoms with Crippen molar-refractivity contribution in [2.45, 2.75) is 18.7 Å². The van der Waals surface area contributed by atoms with E-state index < -0.39 is 10.0 Å². The number of pyridine rings is 1. The summed E-state index contributed by atoms with van der Waals surface area (Å²) in [6, 6.07) is 8.79. The molecule has 3 heterocycles. The number of carbonyl (C=O) groups is 1. The molecule has 1 saturated heterocycles. The second-order valence-corrected chi connectivity index (χ2v) is 9.76. The Labute approximate surface area is 173 Å². The lowest BCUT2D eigenvalue weighted by Gasteiger charge is -2.34. The molecule has 0 atom stereocenters. The van der Waals surface area contributed by atoms with Gasteiger partial charge in [0.15, 0.2) is 5.13 Å². The molecule has 8 nitrogen and oxygen atoms in total. The zero-order valence-corrected chi connectivity index (χ0v) is 17.8. The van der Waals surface area contributed by atoms with Gasteiger partial charge in [-0.05, 0) is 36.8 Å². The third-order valence-corrected chi connectivity index (χ3v) is 7.71. The highest BCUT2D eigenvalue weighted by atomic mass is 32.2. The molecule has 0 bridgehead atoms. The van der Waals surface area contributed by atoms with E-state index in [1.54, 1.807) is 24.4 Å². The second kappa shape index (κ2) is 7.69. The number of aromatic nitrogens is 2. The SMILES string of the molecule is CC(=O)Nc1ccc(C)cc1S(=O)(=O)N1CCN(c2nc3cccnc3s2)CC1. The lowest BCUT2D eigenvalue weighted by molar-refractivity contribution is -0.114. The molecule has 0 unspecified atom stereocenters. The Hall–Kier alpha value is -2.56. The minimum Gasteiger partial charge on any atom is -0.345 e. The maximum Gasteiger partial charge on any atom is 0.245 e. The molecule has 0 radical (unpaired) electrons. The third-order valence-electron chi connectivity index (χ3n) is 4.73. The van der Waals surface area contributed by atoms with Gasteiger partial charge in [0.2, 0.25) is 15.9 Å². The fourth-order valence-electron chi connectivity index (χ4n) is 3.29. The average Bonchev–Trinajstić information content (AvgIpc) is 3.13. The van der Waals surface area contributed by atoms with Crippen molar-refractivity contribution in [1.82, 2.24) is 14.3 Å². The molecule has 2 aromatic heterocycles. The van der Waals surface area contributed by atoms with Gasteiger partial charge < -0.3 is 10.2 Å². The standard InChI is InChI=1S/C19H21N5O3S2/c1-13-5-6-15(21-14(2)25)17(12-13)29(26,27)24-10-8-23(9-11-24)19-22-16-4-3-7-20-18(16)28-19/h3-7,12H,8-11H2,1-2H3,(H,21,25). The fourth-order valence-corrected chi connectivity index (χ4v) is 5.90. The van der Waals surface area contributed by atoms with Crippen molar-refractivity contribution in [3.05, 3.63) is 42.1 Å². The minimum absolute atomic E-state index is 0.130. The monoisotopic (exact) mass is 431 g/mol. The number of anilines is 2. The van der Waals surface area contributed by atoms with E-state index in [2.05, 4.69) is 20.2 Å². The summed E-state index contributed by atoms with van der Waals surface area (Å²) in [6.07, 6.45) is 1.74. The van der Waals surface area contributed by atoms with Crippen molar-refractivity contribution >= 4 is 48.4 Å². The van der Waals surface area contributed by atoms with Crippen LogP contribution in [0.5, 0.6) is 0 Å². The molecule has 152 valence electrons. The van der Waals surface area contributed by atoms with Gasteiger partial charge in [-0.2, -0.15) is 4.31 Å². The zero-order valence-electron chi connectivity index (χ0n) is 16.1. The first-order chi connectivity index (χ1) is 13.8. The van der Waals surface area contributed by atoms with Gasteiger partial charge in [0.1, 0.15) is 15.2 Å². The van der Waals surface area contributed by atoms with Crippen LogP contribution in [0.4, 0.5) is 10.8 Å². The van der Waals surface area contributed by atoms with Crippen LogP contribution >= 0.6 is 11.3 Å². The topological polar surface area (TPSA) is 95.5 Å². The van der Waals surface area contributed by atoms with Gasteiger partial charge in [-0.25, -0.2) is 18.4 Å². The van der Waals surface area contributed by atoms with Crippen molar-refractivity contribution in [3.63, 3.8) is 0 Å². The summed E-state index contributed by atoms with van der Waals surface area (Å²) in [5, 5.41) is 3.48. The van der Waals surface area contributed by atoms with Crippen LogP contribution in [-0.4, -0.2) is 54.8 Å². The fraction of sp³-hybridized carbons (Fsp3) is 0.316. The first kappa shape index (κ1) is 19.7. The molecule has 0 saturated carbocycles.